The van der Waals surface area contributed by atoms with Crippen molar-refractivity contribution < 1.29 is 33.3 Å². The fourth-order valence-electron chi connectivity index (χ4n) is 4.98. The van der Waals surface area contributed by atoms with Crippen LogP contribution in [0, 0.1) is 0 Å². The molecule has 1 atom stereocenters. The highest BCUT2D eigenvalue weighted by molar-refractivity contribution is 7.07. The van der Waals surface area contributed by atoms with Gasteiger partial charge in [-0.05, 0) is 79.9 Å². The van der Waals surface area contributed by atoms with Crippen LogP contribution in [0.25, 0.3) is 6.08 Å². The molecule has 0 aliphatic carbocycles. The van der Waals surface area contributed by atoms with Gasteiger partial charge in [0.25, 0.3) is 5.56 Å². The zero-order valence-corrected chi connectivity index (χ0v) is 27.9. The van der Waals surface area contributed by atoms with Crippen molar-refractivity contribution in [3.05, 3.63) is 119 Å². The maximum atomic E-state index is 14.1. The third kappa shape index (κ3) is 7.75. The van der Waals surface area contributed by atoms with E-state index in [9.17, 15) is 14.4 Å². The quantitative estimate of drug-likeness (QED) is 0.193. The number of allylic oxidation sites excluding steroid dienone is 1. The van der Waals surface area contributed by atoms with Crippen LogP contribution in [0.5, 0.6) is 17.2 Å². The summed E-state index contributed by atoms with van der Waals surface area (Å²) >= 11 is 7.21. The van der Waals surface area contributed by atoms with E-state index in [1.807, 2.05) is 55.5 Å². The first-order valence-electron chi connectivity index (χ1n) is 14.9. The van der Waals surface area contributed by atoms with Crippen LogP contribution >= 0.6 is 22.9 Å². The average Bonchev–Trinajstić information content (AvgIpc) is 3.36. The smallest absolute Gasteiger partial charge is 0.343 e. The summed E-state index contributed by atoms with van der Waals surface area (Å²) in [6.07, 6.45) is 1.77. The highest BCUT2D eigenvalue weighted by Gasteiger charge is 2.34. The maximum absolute atomic E-state index is 14.1. The molecule has 10 nitrogen and oxygen atoms in total. The number of methoxy groups -OCH3 is 1. The second kappa shape index (κ2) is 15.1. The number of rotatable bonds is 12. The molecule has 0 radical (unpaired) electrons. The minimum atomic E-state index is -0.865. The van der Waals surface area contributed by atoms with Gasteiger partial charge in [0.15, 0.2) is 22.9 Å². The predicted molar refractivity (Wildman–Crippen MR) is 178 cm³/mol. The number of carbonyl (C=O) groups excluding carboxylic acids is 2. The number of halogens is 1. The molecule has 4 aromatic rings. The Morgan fingerprint density at radius 3 is 2.49 bits per heavy atom. The Bertz CT molecular complexity index is 2000. The predicted octanol–water partition coefficient (Wildman–Crippen LogP) is 4.98. The van der Waals surface area contributed by atoms with Crippen LogP contribution in [0.15, 0.2) is 87.8 Å². The molecule has 0 saturated heterocycles. The molecule has 1 aliphatic heterocycles. The number of aromatic nitrogens is 1. The molecule has 47 heavy (non-hydrogen) atoms. The van der Waals surface area contributed by atoms with Gasteiger partial charge in [-0.1, -0.05) is 53.3 Å². The van der Waals surface area contributed by atoms with Gasteiger partial charge in [0.1, 0.15) is 12.4 Å². The van der Waals surface area contributed by atoms with Crippen molar-refractivity contribution in [1.82, 2.24) is 4.57 Å². The highest BCUT2D eigenvalue weighted by Crippen LogP contribution is 2.36. The lowest BCUT2D eigenvalue weighted by atomic mass is 9.95. The summed E-state index contributed by atoms with van der Waals surface area (Å²) in [5, 5.41) is 0.653. The summed E-state index contributed by atoms with van der Waals surface area (Å²) < 4.78 is 29.5. The SMILES string of the molecule is CCOC(=O)C1=C(C)N=c2s/c(=C/c3cccc(OCc4ccc(Cl)cc4)c3)c(=O)n2[C@H]1c1ccc(OCC(=O)OC)c(OCC)c1. The lowest BCUT2D eigenvalue weighted by Crippen LogP contribution is -2.40. The Morgan fingerprint density at radius 2 is 1.77 bits per heavy atom. The molecule has 0 bridgehead atoms. The van der Waals surface area contributed by atoms with Crippen molar-refractivity contribution in [1.29, 1.82) is 0 Å². The van der Waals surface area contributed by atoms with Crippen molar-refractivity contribution in [3.8, 4) is 17.2 Å². The van der Waals surface area contributed by atoms with Crippen LogP contribution in [0.1, 0.15) is 43.5 Å². The number of ether oxygens (including phenoxy) is 5. The summed E-state index contributed by atoms with van der Waals surface area (Å²) in [5.74, 6) is 0.153. The van der Waals surface area contributed by atoms with Crippen molar-refractivity contribution >= 4 is 41.0 Å². The van der Waals surface area contributed by atoms with Crippen molar-refractivity contribution in [3.63, 3.8) is 0 Å². The molecule has 0 saturated carbocycles. The monoisotopic (exact) mass is 676 g/mol. The lowest BCUT2D eigenvalue weighted by Gasteiger charge is -2.25. The molecule has 0 unspecified atom stereocenters. The molecule has 3 aromatic carbocycles. The van der Waals surface area contributed by atoms with Gasteiger partial charge in [-0.2, -0.15) is 0 Å². The Labute approximate surface area is 280 Å². The second-order valence-corrected chi connectivity index (χ2v) is 11.7. The Kier molecular flexibility index (Phi) is 10.8. The number of esters is 2. The van der Waals surface area contributed by atoms with E-state index in [1.165, 1.54) is 23.0 Å². The number of fused-ring (bicyclic) bond motifs is 1. The molecule has 0 fully saturated rings. The standard InChI is InChI=1S/C35H33ClN2O8S/c1-5-43-28-18-24(12-15-27(28)46-20-30(39)42-4)32-31(34(41)44-6-2)21(3)37-35-38(32)33(40)29(47-35)17-23-8-7-9-26(16-23)45-19-22-10-13-25(36)14-11-22/h7-18,32H,5-6,19-20H2,1-4H3/b29-17+/t32-/m0/s1. The van der Waals surface area contributed by atoms with Gasteiger partial charge in [0.05, 0.1) is 42.2 Å². The van der Waals surface area contributed by atoms with Crippen LogP contribution in [-0.4, -0.2) is 43.4 Å². The summed E-state index contributed by atoms with van der Waals surface area (Å²) in [4.78, 5) is 44.2. The van der Waals surface area contributed by atoms with Crippen molar-refractivity contribution in [2.75, 3.05) is 26.9 Å². The number of carbonyl (C=O) groups is 2. The fraction of sp³-hybridized carbons (Fsp3) is 0.257. The van der Waals surface area contributed by atoms with E-state index in [2.05, 4.69) is 9.73 Å². The van der Waals surface area contributed by atoms with E-state index in [0.717, 1.165) is 11.1 Å². The first kappa shape index (κ1) is 33.5. The zero-order valence-electron chi connectivity index (χ0n) is 26.3. The van der Waals surface area contributed by atoms with Crippen LogP contribution in [0.4, 0.5) is 0 Å². The fourth-order valence-corrected chi connectivity index (χ4v) is 6.15. The molecule has 2 heterocycles. The van der Waals surface area contributed by atoms with Crippen LogP contribution in [-0.2, 0) is 25.7 Å². The first-order valence-corrected chi connectivity index (χ1v) is 16.0. The summed E-state index contributed by atoms with van der Waals surface area (Å²) in [6, 6.07) is 19.0. The van der Waals surface area contributed by atoms with Gasteiger partial charge in [-0.25, -0.2) is 14.6 Å². The first-order chi connectivity index (χ1) is 22.7. The molecule has 244 valence electrons. The molecule has 1 aliphatic rings. The Hall–Kier alpha value is -4.87. The maximum Gasteiger partial charge on any atom is 0.343 e. The zero-order chi connectivity index (χ0) is 33.5. The van der Waals surface area contributed by atoms with Crippen LogP contribution in [0.3, 0.4) is 0 Å². The number of benzene rings is 3. The van der Waals surface area contributed by atoms with Gasteiger partial charge in [-0.15, -0.1) is 0 Å². The van der Waals surface area contributed by atoms with E-state index in [-0.39, 0.29) is 24.3 Å². The lowest BCUT2D eigenvalue weighted by molar-refractivity contribution is -0.143. The molecule has 1 aromatic heterocycles. The number of nitrogens with zero attached hydrogens (tertiary/aromatic N) is 2. The molecule has 5 rings (SSSR count). The largest absolute Gasteiger partial charge is 0.490 e. The van der Waals surface area contributed by atoms with E-state index < -0.39 is 18.0 Å². The third-order valence-electron chi connectivity index (χ3n) is 7.15. The normalized spacial score (nSPS) is 14.2. The van der Waals surface area contributed by atoms with Gasteiger partial charge >= 0.3 is 11.9 Å². The summed E-state index contributed by atoms with van der Waals surface area (Å²) in [7, 11) is 1.27. The molecular formula is C35H33ClN2O8S. The Balaban J connectivity index is 1.55. The molecule has 12 heteroatoms. The highest BCUT2D eigenvalue weighted by atomic mass is 35.5. The van der Waals surface area contributed by atoms with Gasteiger partial charge in [0.2, 0.25) is 0 Å². The van der Waals surface area contributed by atoms with Crippen molar-refractivity contribution in [2.45, 2.75) is 33.4 Å². The van der Waals surface area contributed by atoms with Gasteiger partial charge in [-0.3, -0.25) is 9.36 Å². The summed E-state index contributed by atoms with van der Waals surface area (Å²) in [6.45, 7) is 5.74. The summed E-state index contributed by atoms with van der Waals surface area (Å²) in [5.41, 5.74) is 2.63. The van der Waals surface area contributed by atoms with Gasteiger partial charge in [0, 0.05) is 5.02 Å². The van der Waals surface area contributed by atoms with E-state index in [4.69, 9.17) is 30.5 Å². The van der Waals surface area contributed by atoms with Crippen molar-refractivity contribution in [2.24, 2.45) is 4.99 Å². The van der Waals surface area contributed by atoms with Crippen LogP contribution < -0.4 is 29.1 Å². The molecular weight excluding hydrogens is 644 g/mol. The second-order valence-electron chi connectivity index (χ2n) is 10.3. The molecule has 0 spiro atoms. The van der Waals surface area contributed by atoms with Gasteiger partial charge < -0.3 is 23.7 Å². The average molecular weight is 677 g/mol. The minimum Gasteiger partial charge on any atom is -0.490 e. The third-order valence-corrected chi connectivity index (χ3v) is 8.38. The number of thiazole rings is 1. The molecule has 0 N–H and O–H groups in total. The number of hydrogen-bond acceptors (Lipinski definition) is 10. The topological polar surface area (TPSA) is 115 Å². The van der Waals surface area contributed by atoms with E-state index in [1.54, 1.807) is 38.1 Å². The van der Waals surface area contributed by atoms with E-state index >= 15 is 0 Å². The Morgan fingerprint density at radius 1 is 0.979 bits per heavy atom. The van der Waals surface area contributed by atoms with Crippen LogP contribution in [0.2, 0.25) is 5.02 Å². The number of hydrogen-bond donors (Lipinski definition) is 0. The minimum absolute atomic E-state index is 0.147. The molecule has 0 amide bonds. The van der Waals surface area contributed by atoms with E-state index in [0.29, 0.717) is 56.1 Å².